The van der Waals surface area contributed by atoms with Crippen LogP contribution in [0.1, 0.15) is 30.0 Å². The van der Waals surface area contributed by atoms with Crippen molar-refractivity contribution in [2.45, 2.75) is 23.8 Å². The number of piperazine rings is 1. The average molecular weight is 583 g/mol. The molecule has 0 bridgehead atoms. The van der Waals surface area contributed by atoms with Crippen molar-refractivity contribution in [1.82, 2.24) is 14.1 Å². The van der Waals surface area contributed by atoms with Crippen LogP contribution in [-0.2, 0) is 14.8 Å². The zero-order valence-electron chi connectivity index (χ0n) is 20.7. The summed E-state index contributed by atoms with van der Waals surface area (Å²) in [6, 6.07) is 27.8. The number of carbonyl (C=O) groups excluding carboxylic acids is 1. The molecule has 0 aliphatic carbocycles. The minimum Gasteiger partial charge on any atom is -0.340 e. The first kappa shape index (κ1) is 26.1. The van der Waals surface area contributed by atoms with E-state index < -0.39 is 10.0 Å². The highest BCUT2D eigenvalue weighted by Gasteiger charge is 2.36. The van der Waals surface area contributed by atoms with Crippen LogP contribution in [0, 0.1) is 5.92 Å². The van der Waals surface area contributed by atoms with E-state index >= 15 is 0 Å². The van der Waals surface area contributed by atoms with Gasteiger partial charge in [0.15, 0.2) is 0 Å². The summed E-state index contributed by atoms with van der Waals surface area (Å²) in [5.41, 5.74) is 2.49. The van der Waals surface area contributed by atoms with Crippen molar-refractivity contribution in [2.24, 2.45) is 5.92 Å². The van der Waals surface area contributed by atoms with E-state index in [1.165, 1.54) is 15.4 Å². The third kappa shape index (κ3) is 5.82. The van der Waals surface area contributed by atoms with Crippen LogP contribution >= 0.6 is 15.9 Å². The molecule has 2 saturated heterocycles. The van der Waals surface area contributed by atoms with Crippen molar-refractivity contribution in [2.75, 3.05) is 39.3 Å². The van der Waals surface area contributed by atoms with Gasteiger partial charge in [0.2, 0.25) is 15.9 Å². The zero-order chi connectivity index (χ0) is 25.8. The Kier molecular flexibility index (Phi) is 8.09. The molecule has 3 aromatic carbocycles. The van der Waals surface area contributed by atoms with E-state index in [0.717, 1.165) is 24.0 Å². The van der Waals surface area contributed by atoms with Crippen molar-refractivity contribution >= 4 is 31.9 Å². The van der Waals surface area contributed by atoms with E-state index in [2.05, 4.69) is 69.4 Å². The third-order valence-electron chi connectivity index (χ3n) is 7.41. The summed E-state index contributed by atoms with van der Waals surface area (Å²) >= 11 is 3.36. The Balaban J connectivity index is 1.25. The first-order chi connectivity index (χ1) is 17.9. The van der Waals surface area contributed by atoms with Crippen LogP contribution in [0.4, 0.5) is 0 Å². The highest BCUT2D eigenvalue weighted by Crippen LogP contribution is 2.31. The molecule has 1 amide bonds. The minimum absolute atomic E-state index is 0.0753. The van der Waals surface area contributed by atoms with Gasteiger partial charge in [-0.25, -0.2) is 8.42 Å². The van der Waals surface area contributed by atoms with Gasteiger partial charge < -0.3 is 4.90 Å². The molecule has 0 spiro atoms. The minimum atomic E-state index is -3.62. The lowest BCUT2D eigenvalue weighted by molar-refractivity contribution is -0.138. The molecule has 0 radical (unpaired) electrons. The van der Waals surface area contributed by atoms with Crippen LogP contribution in [-0.4, -0.2) is 67.7 Å². The number of halogens is 1. The number of hydrogen-bond donors (Lipinski definition) is 0. The number of amides is 1. The van der Waals surface area contributed by atoms with Gasteiger partial charge in [0.25, 0.3) is 0 Å². The molecule has 194 valence electrons. The fraction of sp³-hybridized carbons (Fsp3) is 0.345. The Labute approximate surface area is 228 Å². The van der Waals surface area contributed by atoms with Gasteiger partial charge in [-0.05, 0) is 48.2 Å². The predicted octanol–water partition coefficient (Wildman–Crippen LogP) is 4.78. The van der Waals surface area contributed by atoms with E-state index in [1.54, 1.807) is 24.3 Å². The van der Waals surface area contributed by atoms with Gasteiger partial charge in [0.05, 0.1) is 16.9 Å². The maximum atomic E-state index is 13.5. The molecule has 2 aliphatic rings. The number of rotatable bonds is 6. The predicted molar refractivity (Wildman–Crippen MR) is 149 cm³/mol. The van der Waals surface area contributed by atoms with Crippen LogP contribution in [0.5, 0.6) is 0 Å². The molecule has 0 unspecified atom stereocenters. The lowest BCUT2D eigenvalue weighted by atomic mass is 9.95. The van der Waals surface area contributed by atoms with Gasteiger partial charge in [-0.15, -0.1) is 0 Å². The highest BCUT2D eigenvalue weighted by molar-refractivity contribution is 9.10. The van der Waals surface area contributed by atoms with E-state index in [-0.39, 0.29) is 29.3 Å². The topological polar surface area (TPSA) is 60.9 Å². The van der Waals surface area contributed by atoms with Crippen LogP contribution in [0.2, 0.25) is 0 Å². The third-order valence-corrected chi connectivity index (χ3v) is 9.81. The average Bonchev–Trinajstić information content (AvgIpc) is 2.95. The molecular weight excluding hydrogens is 550 g/mol. The van der Waals surface area contributed by atoms with Crippen LogP contribution in [0.3, 0.4) is 0 Å². The Hall–Kier alpha value is -2.52. The number of carbonyl (C=O) groups is 1. The van der Waals surface area contributed by atoms with Crippen molar-refractivity contribution in [1.29, 1.82) is 0 Å². The molecule has 2 heterocycles. The van der Waals surface area contributed by atoms with E-state index in [0.29, 0.717) is 26.1 Å². The summed E-state index contributed by atoms with van der Waals surface area (Å²) in [5, 5.41) is 0. The zero-order valence-corrected chi connectivity index (χ0v) is 23.1. The van der Waals surface area contributed by atoms with Gasteiger partial charge in [-0.3, -0.25) is 9.69 Å². The van der Waals surface area contributed by atoms with Crippen molar-refractivity contribution in [3.63, 3.8) is 0 Å². The Morgan fingerprint density at radius 1 is 0.784 bits per heavy atom. The monoisotopic (exact) mass is 581 g/mol. The number of benzene rings is 3. The fourth-order valence-corrected chi connectivity index (χ4v) is 7.25. The van der Waals surface area contributed by atoms with E-state index in [1.807, 2.05) is 17.0 Å². The Morgan fingerprint density at radius 3 is 1.92 bits per heavy atom. The summed E-state index contributed by atoms with van der Waals surface area (Å²) in [7, 11) is -3.62. The van der Waals surface area contributed by atoms with Crippen molar-refractivity contribution in [3.05, 3.63) is 101 Å². The first-order valence-electron chi connectivity index (χ1n) is 12.8. The number of piperidine rings is 1. The maximum Gasteiger partial charge on any atom is 0.243 e. The molecule has 0 saturated carbocycles. The summed E-state index contributed by atoms with van der Waals surface area (Å²) in [5.74, 6) is -0.226. The fourth-order valence-electron chi connectivity index (χ4n) is 5.46. The first-order valence-corrected chi connectivity index (χ1v) is 15.1. The maximum absolute atomic E-state index is 13.5. The molecule has 2 fully saturated rings. The van der Waals surface area contributed by atoms with Gasteiger partial charge in [0, 0.05) is 43.7 Å². The van der Waals surface area contributed by atoms with Gasteiger partial charge in [0.1, 0.15) is 0 Å². The standard InChI is InChI=1S/C29H32BrN3O3S/c30-26-13-15-27(16-14-26)37(35,36)33-17-7-12-25(22-33)29(34)32-20-18-31(19-21-32)28(23-8-3-1-4-9-23)24-10-5-2-6-11-24/h1-6,8-11,13-16,25,28H,7,12,17-22H2/t25-/m1/s1. The van der Waals surface area contributed by atoms with Crippen LogP contribution in [0.25, 0.3) is 0 Å². The van der Waals surface area contributed by atoms with Crippen molar-refractivity contribution in [3.8, 4) is 0 Å². The molecular formula is C29H32BrN3O3S. The van der Waals surface area contributed by atoms with Gasteiger partial charge >= 0.3 is 0 Å². The summed E-state index contributed by atoms with van der Waals surface area (Å²) in [6.45, 7) is 3.53. The number of sulfonamides is 1. The SMILES string of the molecule is O=C([C@@H]1CCCN(S(=O)(=O)c2ccc(Br)cc2)C1)N1CCN(C(c2ccccc2)c2ccccc2)CC1. The smallest absolute Gasteiger partial charge is 0.243 e. The van der Waals surface area contributed by atoms with Crippen LogP contribution < -0.4 is 0 Å². The second-order valence-electron chi connectivity index (χ2n) is 9.74. The molecule has 8 heteroatoms. The van der Waals surface area contributed by atoms with E-state index in [4.69, 9.17) is 0 Å². The Bertz CT molecular complexity index is 1260. The molecule has 37 heavy (non-hydrogen) atoms. The van der Waals surface area contributed by atoms with Crippen LogP contribution in [0.15, 0.2) is 94.3 Å². The number of nitrogens with zero attached hydrogens (tertiary/aromatic N) is 3. The van der Waals surface area contributed by atoms with Crippen molar-refractivity contribution < 1.29 is 13.2 Å². The molecule has 1 atom stereocenters. The second kappa shape index (κ2) is 11.5. The largest absolute Gasteiger partial charge is 0.340 e. The summed E-state index contributed by atoms with van der Waals surface area (Å²) in [6.07, 6.45) is 1.41. The summed E-state index contributed by atoms with van der Waals surface area (Å²) < 4.78 is 28.7. The Morgan fingerprint density at radius 2 is 1.35 bits per heavy atom. The molecule has 0 aromatic heterocycles. The molecule has 2 aliphatic heterocycles. The second-order valence-corrected chi connectivity index (χ2v) is 12.6. The molecule has 6 nitrogen and oxygen atoms in total. The molecule has 5 rings (SSSR count). The number of hydrogen-bond acceptors (Lipinski definition) is 4. The lowest BCUT2D eigenvalue weighted by Gasteiger charge is -2.41. The summed E-state index contributed by atoms with van der Waals surface area (Å²) in [4.78, 5) is 18.2. The van der Waals surface area contributed by atoms with E-state index in [9.17, 15) is 13.2 Å². The normalized spacial score (nSPS) is 19.7. The quantitative estimate of drug-likeness (QED) is 0.420. The van der Waals surface area contributed by atoms with Gasteiger partial charge in [-0.2, -0.15) is 4.31 Å². The highest BCUT2D eigenvalue weighted by atomic mass is 79.9. The molecule has 0 N–H and O–H groups in total. The lowest BCUT2D eigenvalue weighted by Crippen LogP contribution is -2.53. The molecule has 3 aromatic rings. The van der Waals surface area contributed by atoms with Gasteiger partial charge in [-0.1, -0.05) is 76.6 Å².